The Morgan fingerprint density at radius 1 is 0.889 bits per heavy atom. The van der Waals surface area contributed by atoms with Crippen molar-refractivity contribution in [2.45, 2.75) is 61.7 Å². The van der Waals surface area contributed by atoms with E-state index in [1.54, 1.807) is 35.2 Å². The topological polar surface area (TPSA) is 104 Å². The molecule has 0 bridgehead atoms. The van der Waals surface area contributed by atoms with Crippen LogP contribution in [0, 0.1) is 0 Å². The highest BCUT2D eigenvalue weighted by molar-refractivity contribution is 7.92. The molecule has 10 heteroatoms. The number of carbonyl (C=O) groups is 1. The predicted octanol–water partition coefficient (Wildman–Crippen LogP) is 4.10. The third kappa shape index (κ3) is 4.78. The zero-order chi connectivity index (χ0) is 25.6. The van der Waals surface area contributed by atoms with Crippen LogP contribution in [0.4, 0.5) is 11.4 Å². The van der Waals surface area contributed by atoms with E-state index in [4.69, 9.17) is 0 Å². The van der Waals surface area contributed by atoms with Crippen molar-refractivity contribution in [2.24, 2.45) is 0 Å². The summed E-state index contributed by atoms with van der Waals surface area (Å²) in [6, 6.07) is 11.7. The Labute approximate surface area is 213 Å². The van der Waals surface area contributed by atoms with E-state index in [9.17, 15) is 21.6 Å². The lowest BCUT2D eigenvalue weighted by Crippen LogP contribution is -2.38. The SMILES string of the molecule is CS(=O)(=O)Nc1ccc2c(c1)C1(CCCCC1)CN2C(=O)c1cccc(S(=O)(=O)N2CCCCC2)c1. The lowest BCUT2D eigenvalue weighted by molar-refractivity contribution is 0.0982. The molecule has 1 N–H and O–H groups in total. The van der Waals surface area contributed by atoms with Gasteiger partial charge in [-0.2, -0.15) is 4.31 Å². The second-order valence-corrected chi connectivity index (χ2v) is 14.0. The first kappa shape index (κ1) is 25.2. The zero-order valence-corrected chi connectivity index (χ0v) is 22.2. The number of rotatable bonds is 5. The van der Waals surface area contributed by atoms with Crippen LogP contribution < -0.4 is 9.62 Å². The highest BCUT2D eigenvalue weighted by Gasteiger charge is 2.45. The summed E-state index contributed by atoms with van der Waals surface area (Å²) >= 11 is 0. The Hall–Kier alpha value is -2.43. The summed E-state index contributed by atoms with van der Waals surface area (Å²) in [4.78, 5) is 15.7. The number of hydrogen-bond donors (Lipinski definition) is 1. The molecule has 0 aromatic heterocycles. The van der Waals surface area contributed by atoms with Crippen LogP contribution in [0.25, 0.3) is 0 Å². The van der Waals surface area contributed by atoms with E-state index in [2.05, 4.69) is 4.72 Å². The average Bonchev–Trinajstić information content (AvgIpc) is 3.16. The number of hydrogen-bond acceptors (Lipinski definition) is 5. The summed E-state index contributed by atoms with van der Waals surface area (Å²) in [7, 11) is -7.08. The fraction of sp³-hybridized carbons (Fsp3) is 0.500. The minimum absolute atomic E-state index is 0.148. The maximum Gasteiger partial charge on any atom is 0.258 e. The average molecular weight is 532 g/mol. The third-order valence-electron chi connectivity index (χ3n) is 7.71. The predicted molar refractivity (Wildman–Crippen MR) is 140 cm³/mol. The zero-order valence-electron chi connectivity index (χ0n) is 20.6. The second kappa shape index (κ2) is 9.46. The molecule has 1 spiro atoms. The lowest BCUT2D eigenvalue weighted by atomic mass is 9.70. The number of sulfonamides is 2. The molecule has 0 radical (unpaired) electrons. The molecule has 2 heterocycles. The van der Waals surface area contributed by atoms with Gasteiger partial charge in [0.1, 0.15) is 0 Å². The van der Waals surface area contributed by atoms with Crippen LogP contribution in [0.5, 0.6) is 0 Å². The summed E-state index contributed by atoms with van der Waals surface area (Å²) in [5.41, 5.74) is 2.36. The highest BCUT2D eigenvalue weighted by Crippen LogP contribution is 2.50. The Morgan fingerprint density at radius 3 is 2.28 bits per heavy atom. The van der Waals surface area contributed by atoms with Gasteiger partial charge in [-0.3, -0.25) is 9.52 Å². The highest BCUT2D eigenvalue weighted by atomic mass is 32.2. The van der Waals surface area contributed by atoms with Crippen molar-refractivity contribution in [3.63, 3.8) is 0 Å². The first-order valence-electron chi connectivity index (χ1n) is 12.6. The Morgan fingerprint density at radius 2 is 1.58 bits per heavy atom. The van der Waals surface area contributed by atoms with Crippen LogP contribution in [0.15, 0.2) is 47.4 Å². The summed E-state index contributed by atoms with van der Waals surface area (Å²) < 4.78 is 54.2. The van der Waals surface area contributed by atoms with Gasteiger partial charge in [-0.25, -0.2) is 16.8 Å². The van der Waals surface area contributed by atoms with Crippen molar-refractivity contribution >= 4 is 37.3 Å². The number of nitrogens with one attached hydrogen (secondary N) is 1. The molecule has 0 atom stereocenters. The number of nitrogens with zero attached hydrogens (tertiary/aromatic N) is 2. The van der Waals surface area contributed by atoms with E-state index in [0.29, 0.717) is 30.9 Å². The van der Waals surface area contributed by atoms with Gasteiger partial charge in [0.25, 0.3) is 5.91 Å². The first-order valence-corrected chi connectivity index (χ1v) is 16.0. The van der Waals surface area contributed by atoms with Crippen molar-refractivity contribution in [1.29, 1.82) is 0 Å². The van der Waals surface area contributed by atoms with E-state index in [-0.39, 0.29) is 16.2 Å². The largest absolute Gasteiger partial charge is 0.307 e. The van der Waals surface area contributed by atoms with Crippen LogP contribution in [0.3, 0.4) is 0 Å². The van der Waals surface area contributed by atoms with Crippen LogP contribution >= 0.6 is 0 Å². The van der Waals surface area contributed by atoms with Gasteiger partial charge in [-0.15, -0.1) is 0 Å². The number of fused-ring (bicyclic) bond motifs is 2. The lowest BCUT2D eigenvalue weighted by Gasteiger charge is -2.34. The monoisotopic (exact) mass is 531 g/mol. The van der Waals surface area contributed by atoms with Gasteiger partial charge in [0.05, 0.1) is 11.2 Å². The Balaban J connectivity index is 1.49. The molecule has 2 aliphatic heterocycles. The van der Waals surface area contributed by atoms with E-state index in [0.717, 1.165) is 68.9 Å². The quantitative estimate of drug-likeness (QED) is 0.626. The molecule has 1 aliphatic carbocycles. The number of piperidine rings is 1. The summed E-state index contributed by atoms with van der Waals surface area (Å²) in [6.07, 6.45) is 8.94. The van der Waals surface area contributed by atoms with Crippen molar-refractivity contribution in [3.05, 3.63) is 53.6 Å². The molecule has 2 aromatic rings. The fourth-order valence-electron chi connectivity index (χ4n) is 5.98. The standard InChI is InChI=1S/C26H33N3O5S2/c1-35(31,32)27-21-11-12-24-23(18-21)26(13-4-2-5-14-26)19-29(24)25(30)20-9-8-10-22(17-20)36(33,34)28-15-6-3-7-16-28/h8-12,17-18,27H,2-7,13-16,19H2,1H3. The molecular weight excluding hydrogens is 498 g/mol. The van der Waals surface area contributed by atoms with Crippen LogP contribution in [0.1, 0.15) is 67.3 Å². The van der Waals surface area contributed by atoms with Gasteiger partial charge >= 0.3 is 0 Å². The minimum atomic E-state index is -3.65. The van der Waals surface area contributed by atoms with E-state index >= 15 is 0 Å². The molecule has 2 fully saturated rings. The van der Waals surface area contributed by atoms with Gasteiger partial charge in [0, 0.05) is 42.0 Å². The Kier molecular flexibility index (Phi) is 6.63. The molecular formula is C26H33N3O5S2. The molecule has 2 aromatic carbocycles. The molecule has 5 rings (SSSR count). The molecule has 3 aliphatic rings. The molecule has 0 unspecified atom stereocenters. The van der Waals surface area contributed by atoms with Crippen LogP contribution in [0.2, 0.25) is 0 Å². The number of amides is 1. The number of carbonyl (C=O) groups excluding carboxylic acids is 1. The van der Waals surface area contributed by atoms with Gasteiger partial charge in [-0.05, 0) is 67.6 Å². The van der Waals surface area contributed by atoms with Crippen molar-refractivity contribution in [3.8, 4) is 0 Å². The second-order valence-electron chi connectivity index (χ2n) is 10.3. The van der Waals surface area contributed by atoms with Crippen LogP contribution in [-0.2, 0) is 25.5 Å². The van der Waals surface area contributed by atoms with Crippen molar-refractivity contribution < 1.29 is 21.6 Å². The number of benzene rings is 2. The van der Waals surface area contributed by atoms with Gasteiger partial charge in [0.2, 0.25) is 20.0 Å². The maximum atomic E-state index is 13.8. The minimum Gasteiger partial charge on any atom is -0.307 e. The molecule has 1 saturated carbocycles. The van der Waals surface area contributed by atoms with Crippen molar-refractivity contribution in [1.82, 2.24) is 4.31 Å². The van der Waals surface area contributed by atoms with Crippen molar-refractivity contribution in [2.75, 3.05) is 35.5 Å². The van der Waals surface area contributed by atoms with Gasteiger partial charge < -0.3 is 4.90 Å². The third-order valence-corrected chi connectivity index (χ3v) is 10.2. The van der Waals surface area contributed by atoms with Crippen LogP contribution in [-0.4, -0.2) is 52.9 Å². The molecule has 1 saturated heterocycles. The summed E-state index contributed by atoms with van der Waals surface area (Å²) in [5, 5.41) is 0. The van der Waals surface area contributed by atoms with E-state index in [1.807, 2.05) is 6.07 Å². The normalized spacial score (nSPS) is 20.3. The van der Waals surface area contributed by atoms with Gasteiger partial charge in [-0.1, -0.05) is 31.7 Å². The first-order chi connectivity index (χ1) is 17.1. The fourth-order valence-corrected chi connectivity index (χ4v) is 8.10. The van der Waals surface area contributed by atoms with Gasteiger partial charge in [0.15, 0.2) is 0 Å². The molecule has 1 amide bonds. The smallest absolute Gasteiger partial charge is 0.258 e. The van der Waals surface area contributed by atoms with E-state index < -0.39 is 20.0 Å². The molecule has 8 nitrogen and oxygen atoms in total. The number of anilines is 2. The molecule has 194 valence electrons. The summed E-state index contributed by atoms with van der Waals surface area (Å²) in [5.74, 6) is -0.238. The Bertz CT molecular complexity index is 1380. The van der Waals surface area contributed by atoms with E-state index in [1.165, 1.54) is 10.4 Å². The summed E-state index contributed by atoms with van der Waals surface area (Å²) in [6.45, 7) is 1.52. The molecule has 36 heavy (non-hydrogen) atoms. The maximum absolute atomic E-state index is 13.8.